The minimum Gasteiger partial charge on any atom is -0.468 e. The number of carbonyl (C=O) groups excluding carboxylic acids is 1. The highest BCUT2D eigenvalue weighted by molar-refractivity contribution is 7.99. The van der Waals surface area contributed by atoms with Crippen molar-refractivity contribution in [2.24, 2.45) is 0 Å². The molecule has 0 fully saturated rings. The average Bonchev–Trinajstić information content (AvgIpc) is 2.40. The Hall–Kier alpha value is -0.710. The lowest BCUT2D eigenvalue weighted by molar-refractivity contribution is -0.147. The van der Waals surface area contributed by atoms with Crippen LogP contribution >= 0.6 is 23.4 Å². The lowest BCUT2D eigenvalue weighted by Crippen LogP contribution is -2.50. The normalized spacial score (nSPS) is 13.9. The molecule has 0 aliphatic heterocycles. The molecule has 1 atom stereocenters. The van der Waals surface area contributed by atoms with E-state index in [0.717, 1.165) is 22.2 Å². The van der Waals surface area contributed by atoms with Crippen molar-refractivity contribution in [1.82, 2.24) is 5.32 Å². The largest absolute Gasteiger partial charge is 0.468 e. The smallest absolute Gasteiger partial charge is 0.325 e. The first-order valence-corrected chi connectivity index (χ1v) is 7.60. The lowest BCUT2D eigenvalue weighted by Gasteiger charge is -2.27. The SMILES string of the molecule is CCNC(C)(CCSc1ccccc1Cl)C(=O)OC. The summed E-state index contributed by atoms with van der Waals surface area (Å²) < 4.78 is 4.86. The summed E-state index contributed by atoms with van der Waals surface area (Å²) in [7, 11) is 1.42. The van der Waals surface area contributed by atoms with E-state index in [9.17, 15) is 4.79 Å². The Labute approximate surface area is 124 Å². The number of carbonyl (C=O) groups is 1. The van der Waals surface area contributed by atoms with Gasteiger partial charge in [0.05, 0.1) is 12.1 Å². The van der Waals surface area contributed by atoms with Crippen LogP contribution in [0.2, 0.25) is 5.02 Å². The van der Waals surface area contributed by atoms with E-state index in [1.165, 1.54) is 7.11 Å². The second-order valence-electron chi connectivity index (χ2n) is 4.38. The van der Waals surface area contributed by atoms with Crippen molar-refractivity contribution < 1.29 is 9.53 Å². The van der Waals surface area contributed by atoms with Crippen molar-refractivity contribution in [3.8, 4) is 0 Å². The quantitative estimate of drug-likeness (QED) is 0.619. The summed E-state index contributed by atoms with van der Waals surface area (Å²) in [6.45, 7) is 4.57. The Morgan fingerprint density at radius 3 is 2.74 bits per heavy atom. The van der Waals surface area contributed by atoms with Gasteiger partial charge in [-0.1, -0.05) is 30.7 Å². The summed E-state index contributed by atoms with van der Waals surface area (Å²) in [6, 6.07) is 7.71. The van der Waals surface area contributed by atoms with Crippen LogP contribution in [0.15, 0.2) is 29.2 Å². The highest BCUT2D eigenvalue weighted by atomic mass is 35.5. The molecule has 0 heterocycles. The third-order valence-corrected chi connectivity index (χ3v) is 4.42. The molecule has 0 aromatic heterocycles. The molecule has 1 unspecified atom stereocenters. The van der Waals surface area contributed by atoms with E-state index in [2.05, 4.69) is 5.32 Å². The molecule has 0 aliphatic rings. The maximum absolute atomic E-state index is 11.8. The number of hydrogen-bond acceptors (Lipinski definition) is 4. The zero-order valence-corrected chi connectivity index (χ0v) is 13.1. The molecule has 0 saturated heterocycles. The molecule has 0 radical (unpaired) electrons. The number of benzene rings is 1. The molecule has 1 N–H and O–H groups in total. The van der Waals surface area contributed by atoms with Crippen molar-refractivity contribution in [2.45, 2.75) is 30.7 Å². The van der Waals surface area contributed by atoms with Crippen LogP contribution in [0, 0.1) is 0 Å². The molecule has 3 nitrogen and oxygen atoms in total. The van der Waals surface area contributed by atoms with Gasteiger partial charge in [-0.3, -0.25) is 4.79 Å². The molecule has 0 saturated carbocycles. The average molecular weight is 302 g/mol. The summed E-state index contributed by atoms with van der Waals surface area (Å²) in [5.74, 6) is 0.566. The molecule has 1 rings (SSSR count). The monoisotopic (exact) mass is 301 g/mol. The van der Waals surface area contributed by atoms with Gasteiger partial charge in [0.1, 0.15) is 5.54 Å². The van der Waals surface area contributed by atoms with E-state index in [0.29, 0.717) is 6.42 Å². The van der Waals surface area contributed by atoms with Gasteiger partial charge in [0.15, 0.2) is 0 Å². The third-order valence-electron chi connectivity index (χ3n) is 2.90. The van der Waals surface area contributed by atoms with Gasteiger partial charge in [-0.15, -0.1) is 11.8 Å². The summed E-state index contributed by atoms with van der Waals surface area (Å²) in [6.07, 6.45) is 0.684. The van der Waals surface area contributed by atoms with Crippen LogP contribution in [0.25, 0.3) is 0 Å². The first kappa shape index (κ1) is 16.3. The Morgan fingerprint density at radius 1 is 1.47 bits per heavy atom. The number of ether oxygens (including phenoxy) is 1. The predicted molar refractivity (Wildman–Crippen MR) is 80.9 cm³/mol. The molecular weight excluding hydrogens is 282 g/mol. The topological polar surface area (TPSA) is 38.3 Å². The minimum absolute atomic E-state index is 0.228. The number of halogens is 1. The van der Waals surface area contributed by atoms with Crippen LogP contribution in [0.3, 0.4) is 0 Å². The van der Waals surface area contributed by atoms with E-state index >= 15 is 0 Å². The van der Waals surface area contributed by atoms with Crippen molar-refractivity contribution >= 4 is 29.3 Å². The number of nitrogens with one attached hydrogen (secondary N) is 1. The lowest BCUT2D eigenvalue weighted by atomic mass is 9.99. The van der Waals surface area contributed by atoms with Crippen LogP contribution in [-0.2, 0) is 9.53 Å². The number of hydrogen-bond donors (Lipinski definition) is 1. The van der Waals surface area contributed by atoms with E-state index in [1.54, 1.807) is 11.8 Å². The molecule has 0 aliphatic carbocycles. The second kappa shape index (κ2) is 7.78. The molecule has 5 heteroatoms. The molecule has 1 aromatic rings. The summed E-state index contributed by atoms with van der Waals surface area (Å²) in [5.41, 5.74) is -0.641. The van der Waals surface area contributed by atoms with Crippen molar-refractivity contribution in [3.05, 3.63) is 29.3 Å². The fourth-order valence-corrected chi connectivity index (χ4v) is 3.22. The maximum Gasteiger partial charge on any atom is 0.325 e. The summed E-state index contributed by atoms with van der Waals surface area (Å²) in [5, 5.41) is 3.94. The van der Waals surface area contributed by atoms with Crippen molar-refractivity contribution in [2.75, 3.05) is 19.4 Å². The third kappa shape index (κ3) is 4.71. The Morgan fingerprint density at radius 2 is 2.16 bits per heavy atom. The summed E-state index contributed by atoms with van der Waals surface area (Å²) >= 11 is 7.75. The molecule has 0 spiro atoms. The fourth-order valence-electron chi connectivity index (χ4n) is 1.80. The predicted octanol–water partition coefficient (Wildman–Crippen LogP) is 3.36. The number of likely N-dealkylation sites (N-methyl/N-ethyl adjacent to an activating group) is 1. The molecule has 19 heavy (non-hydrogen) atoms. The fraction of sp³-hybridized carbons (Fsp3) is 0.500. The Kier molecular flexibility index (Phi) is 6.69. The van der Waals surface area contributed by atoms with Gasteiger partial charge in [0.2, 0.25) is 0 Å². The molecule has 106 valence electrons. The maximum atomic E-state index is 11.8. The first-order valence-electron chi connectivity index (χ1n) is 6.24. The zero-order chi connectivity index (χ0) is 14.3. The molecule has 0 amide bonds. The second-order valence-corrected chi connectivity index (χ2v) is 5.93. The Bertz CT molecular complexity index is 428. The van der Waals surface area contributed by atoms with Gasteiger partial charge < -0.3 is 10.1 Å². The van der Waals surface area contributed by atoms with Crippen LogP contribution in [0.4, 0.5) is 0 Å². The van der Waals surface area contributed by atoms with Gasteiger partial charge in [-0.05, 0) is 32.0 Å². The number of methoxy groups -OCH3 is 1. The van der Waals surface area contributed by atoms with Crippen molar-refractivity contribution in [3.63, 3.8) is 0 Å². The zero-order valence-electron chi connectivity index (χ0n) is 11.5. The number of rotatable bonds is 7. The van der Waals surface area contributed by atoms with Gasteiger partial charge in [-0.25, -0.2) is 0 Å². The van der Waals surface area contributed by atoms with Crippen LogP contribution in [-0.4, -0.2) is 30.9 Å². The standard InChI is InChI=1S/C14H20ClNO2S/c1-4-16-14(2,13(17)18-3)9-10-19-12-8-6-5-7-11(12)15/h5-8,16H,4,9-10H2,1-3H3. The molecule has 1 aromatic carbocycles. The highest BCUT2D eigenvalue weighted by Gasteiger charge is 2.32. The minimum atomic E-state index is -0.641. The number of thioether (sulfide) groups is 1. The van der Waals surface area contributed by atoms with Gasteiger partial charge in [0.25, 0.3) is 0 Å². The van der Waals surface area contributed by atoms with E-state index in [-0.39, 0.29) is 5.97 Å². The molecule has 0 bridgehead atoms. The van der Waals surface area contributed by atoms with Gasteiger partial charge >= 0.3 is 5.97 Å². The first-order chi connectivity index (χ1) is 9.03. The Balaban J connectivity index is 2.58. The van der Waals surface area contributed by atoms with Gasteiger partial charge in [-0.2, -0.15) is 0 Å². The number of esters is 1. The highest BCUT2D eigenvalue weighted by Crippen LogP contribution is 2.28. The van der Waals surface area contributed by atoms with Crippen molar-refractivity contribution in [1.29, 1.82) is 0 Å². The van der Waals surface area contributed by atoms with Gasteiger partial charge in [0, 0.05) is 10.6 Å². The molecular formula is C14H20ClNO2S. The van der Waals surface area contributed by atoms with E-state index < -0.39 is 5.54 Å². The van der Waals surface area contributed by atoms with Crippen LogP contribution in [0.1, 0.15) is 20.3 Å². The summed E-state index contributed by atoms with van der Waals surface area (Å²) in [4.78, 5) is 12.8. The van der Waals surface area contributed by atoms with Crippen LogP contribution < -0.4 is 5.32 Å². The van der Waals surface area contributed by atoms with Crippen LogP contribution in [0.5, 0.6) is 0 Å². The van der Waals surface area contributed by atoms with E-state index in [4.69, 9.17) is 16.3 Å². The van der Waals surface area contributed by atoms with E-state index in [1.807, 2.05) is 38.1 Å².